The average molecular weight is 380 g/mol. The molecule has 0 aliphatic heterocycles. The van der Waals surface area contributed by atoms with Crippen LogP contribution in [0.2, 0.25) is 0 Å². The van der Waals surface area contributed by atoms with Gasteiger partial charge in [0, 0.05) is 12.0 Å². The second kappa shape index (κ2) is 9.17. The number of carbonyl (C=O) groups is 1. The van der Waals surface area contributed by atoms with Crippen molar-refractivity contribution in [2.75, 3.05) is 6.61 Å². The number of ether oxygens (including phenoxy) is 2. The molecule has 0 saturated heterocycles. The Balaban J connectivity index is 1.58. The van der Waals surface area contributed by atoms with Gasteiger partial charge in [0.05, 0.1) is 13.0 Å². The van der Waals surface area contributed by atoms with E-state index in [0.29, 0.717) is 42.2 Å². The Hall–Kier alpha value is -3.15. The van der Waals surface area contributed by atoms with E-state index in [-0.39, 0.29) is 12.4 Å². The van der Waals surface area contributed by atoms with Gasteiger partial charge in [-0.3, -0.25) is 4.79 Å². The van der Waals surface area contributed by atoms with E-state index in [9.17, 15) is 4.79 Å². The normalized spacial score (nSPS) is 10.9. The van der Waals surface area contributed by atoms with Crippen molar-refractivity contribution in [2.24, 2.45) is 0 Å². The molecule has 2 aromatic carbocycles. The first-order valence-electron chi connectivity index (χ1n) is 9.42. The number of hydrogen-bond donors (Lipinski definition) is 0. The van der Waals surface area contributed by atoms with Gasteiger partial charge in [-0.05, 0) is 30.5 Å². The maximum absolute atomic E-state index is 12.2. The first-order valence-corrected chi connectivity index (χ1v) is 9.42. The quantitative estimate of drug-likeness (QED) is 0.413. The number of nitrogens with zero attached hydrogens (tertiary/aromatic N) is 2. The lowest BCUT2D eigenvalue weighted by atomic mass is 10.0. The second-order valence-corrected chi connectivity index (χ2v) is 6.64. The Labute approximate surface area is 164 Å². The van der Waals surface area contributed by atoms with E-state index in [2.05, 4.69) is 36.1 Å². The highest BCUT2D eigenvalue weighted by molar-refractivity contribution is 5.73. The molecule has 1 heterocycles. The van der Waals surface area contributed by atoms with Crippen LogP contribution in [0.15, 0.2) is 53.1 Å². The molecule has 28 heavy (non-hydrogen) atoms. The predicted octanol–water partition coefficient (Wildman–Crippen LogP) is 4.80. The van der Waals surface area contributed by atoms with Crippen molar-refractivity contribution >= 4 is 5.97 Å². The Morgan fingerprint density at radius 1 is 1.07 bits per heavy atom. The molecule has 0 saturated carbocycles. The Kier molecular flexibility index (Phi) is 6.42. The number of carbonyl (C=O) groups excluding carboxylic acids is 1. The highest BCUT2D eigenvalue weighted by Crippen LogP contribution is 2.27. The van der Waals surface area contributed by atoms with Gasteiger partial charge in [0.25, 0.3) is 0 Å². The number of rotatable bonds is 8. The summed E-state index contributed by atoms with van der Waals surface area (Å²) in [6, 6.07) is 15.2. The number of benzene rings is 2. The van der Waals surface area contributed by atoms with Gasteiger partial charge in [-0.15, -0.1) is 0 Å². The first kappa shape index (κ1) is 19.6. The summed E-state index contributed by atoms with van der Waals surface area (Å²) in [5.74, 6) is 1.95. The van der Waals surface area contributed by atoms with Crippen LogP contribution in [0.4, 0.5) is 0 Å². The van der Waals surface area contributed by atoms with Crippen molar-refractivity contribution in [3.05, 3.63) is 60.0 Å². The molecule has 6 nitrogen and oxygen atoms in total. The summed E-state index contributed by atoms with van der Waals surface area (Å²) in [4.78, 5) is 16.5. The molecule has 0 aliphatic rings. The lowest BCUT2D eigenvalue weighted by Crippen LogP contribution is -2.10. The zero-order valence-electron chi connectivity index (χ0n) is 16.3. The van der Waals surface area contributed by atoms with Gasteiger partial charge in [-0.1, -0.05) is 55.4 Å². The van der Waals surface area contributed by atoms with E-state index in [1.54, 1.807) is 18.2 Å². The summed E-state index contributed by atoms with van der Waals surface area (Å²) >= 11 is 0. The largest absolute Gasteiger partial charge is 0.490 e. The molecular formula is C22H24N2O4. The summed E-state index contributed by atoms with van der Waals surface area (Å²) < 4.78 is 16.1. The Bertz CT molecular complexity index is 916. The van der Waals surface area contributed by atoms with Crippen LogP contribution >= 0.6 is 0 Å². The molecule has 0 spiro atoms. The lowest BCUT2D eigenvalue weighted by Gasteiger charge is -2.09. The van der Waals surface area contributed by atoms with Crippen molar-refractivity contribution in [2.45, 2.75) is 39.5 Å². The molecule has 0 N–H and O–H groups in total. The number of hydrogen-bond acceptors (Lipinski definition) is 6. The molecule has 0 aliphatic carbocycles. The van der Waals surface area contributed by atoms with E-state index >= 15 is 0 Å². The van der Waals surface area contributed by atoms with Crippen LogP contribution in [0.25, 0.3) is 11.4 Å². The van der Waals surface area contributed by atoms with E-state index < -0.39 is 0 Å². The number of esters is 1. The highest BCUT2D eigenvalue weighted by atomic mass is 16.6. The van der Waals surface area contributed by atoms with Crippen molar-refractivity contribution in [3.8, 4) is 22.9 Å². The molecule has 146 valence electrons. The van der Waals surface area contributed by atoms with E-state index in [4.69, 9.17) is 14.0 Å². The van der Waals surface area contributed by atoms with Gasteiger partial charge in [0.15, 0.2) is 11.5 Å². The lowest BCUT2D eigenvalue weighted by molar-refractivity contribution is -0.134. The van der Waals surface area contributed by atoms with Crippen molar-refractivity contribution in [3.63, 3.8) is 0 Å². The summed E-state index contributed by atoms with van der Waals surface area (Å²) in [5, 5.41) is 4.00. The molecule has 3 aromatic rings. The van der Waals surface area contributed by atoms with Gasteiger partial charge in [-0.2, -0.15) is 4.98 Å². The maximum Gasteiger partial charge on any atom is 0.311 e. The summed E-state index contributed by atoms with van der Waals surface area (Å²) in [5.41, 5.74) is 2.13. The van der Waals surface area contributed by atoms with Crippen molar-refractivity contribution in [1.82, 2.24) is 10.1 Å². The number of aryl methyl sites for hydroxylation is 1. The van der Waals surface area contributed by atoms with Gasteiger partial charge in [0.1, 0.15) is 0 Å². The zero-order chi connectivity index (χ0) is 19.9. The molecule has 3 rings (SSSR count). The maximum atomic E-state index is 12.2. The van der Waals surface area contributed by atoms with Gasteiger partial charge < -0.3 is 14.0 Å². The fourth-order valence-electron chi connectivity index (χ4n) is 2.68. The predicted molar refractivity (Wildman–Crippen MR) is 105 cm³/mol. The third kappa shape index (κ3) is 4.97. The second-order valence-electron chi connectivity index (χ2n) is 6.64. The molecule has 0 amide bonds. The van der Waals surface area contributed by atoms with Crippen LogP contribution in [0.1, 0.15) is 44.6 Å². The minimum atomic E-state index is -0.381. The molecule has 0 radical (unpaired) electrons. The first-order chi connectivity index (χ1) is 13.6. The van der Waals surface area contributed by atoms with E-state index in [1.165, 1.54) is 5.56 Å². The van der Waals surface area contributed by atoms with E-state index in [1.807, 2.05) is 25.1 Å². The molecule has 6 heteroatoms. The minimum Gasteiger partial charge on any atom is -0.490 e. The van der Waals surface area contributed by atoms with Gasteiger partial charge in [-0.25, -0.2) is 0 Å². The fourth-order valence-corrected chi connectivity index (χ4v) is 2.68. The van der Waals surface area contributed by atoms with Crippen LogP contribution in [0, 0.1) is 0 Å². The van der Waals surface area contributed by atoms with Crippen LogP contribution in [0.5, 0.6) is 11.5 Å². The van der Waals surface area contributed by atoms with Crippen LogP contribution in [0.3, 0.4) is 0 Å². The molecule has 0 bridgehead atoms. The summed E-state index contributed by atoms with van der Waals surface area (Å²) in [6.45, 7) is 6.67. The fraction of sp³-hybridized carbons (Fsp3) is 0.318. The van der Waals surface area contributed by atoms with E-state index in [0.717, 1.165) is 5.56 Å². The molecule has 0 atom stereocenters. The van der Waals surface area contributed by atoms with Crippen molar-refractivity contribution < 1.29 is 18.8 Å². The van der Waals surface area contributed by atoms with Crippen molar-refractivity contribution in [1.29, 1.82) is 0 Å². The third-order valence-corrected chi connectivity index (χ3v) is 4.22. The number of para-hydroxylation sites is 2. The standard InChI is InChI=1S/C22H24N2O4/c1-4-26-18-7-5-6-8-19(18)27-21(25)14-13-20-23-22(24-28-20)17-11-9-16(10-12-17)15(2)3/h5-12,15H,4,13-14H2,1-3H3. The molecule has 0 unspecified atom stereocenters. The highest BCUT2D eigenvalue weighted by Gasteiger charge is 2.14. The Morgan fingerprint density at radius 3 is 2.46 bits per heavy atom. The van der Waals surface area contributed by atoms with Crippen LogP contribution < -0.4 is 9.47 Å². The molecule has 1 aromatic heterocycles. The molecule has 0 fully saturated rings. The van der Waals surface area contributed by atoms with Crippen LogP contribution in [-0.2, 0) is 11.2 Å². The average Bonchev–Trinajstić information content (AvgIpc) is 3.17. The van der Waals surface area contributed by atoms with Gasteiger partial charge in [0.2, 0.25) is 11.7 Å². The SMILES string of the molecule is CCOc1ccccc1OC(=O)CCc1nc(-c2ccc(C(C)C)cc2)no1. The number of aromatic nitrogens is 2. The van der Waals surface area contributed by atoms with Gasteiger partial charge >= 0.3 is 5.97 Å². The third-order valence-electron chi connectivity index (χ3n) is 4.22. The topological polar surface area (TPSA) is 74.5 Å². The smallest absolute Gasteiger partial charge is 0.311 e. The monoisotopic (exact) mass is 380 g/mol. The zero-order valence-corrected chi connectivity index (χ0v) is 16.3. The Morgan fingerprint density at radius 2 is 1.79 bits per heavy atom. The molecular weight excluding hydrogens is 356 g/mol. The van der Waals surface area contributed by atoms with Crippen LogP contribution in [-0.4, -0.2) is 22.7 Å². The summed E-state index contributed by atoms with van der Waals surface area (Å²) in [7, 11) is 0. The summed E-state index contributed by atoms with van der Waals surface area (Å²) in [6.07, 6.45) is 0.446. The minimum absolute atomic E-state index is 0.133.